The molecule has 4 nitrogen and oxygen atoms in total. The summed E-state index contributed by atoms with van der Waals surface area (Å²) in [5.41, 5.74) is 0. The van der Waals surface area contributed by atoms with Crippen LogP contribution in [0.1, 0.15) is 32.1 Å². The summed E-state index contributed by atoms with van der Waals surface area (Å²) in [6.45, 7) is 0.474. The molecule has 2 saturated carbocycles. The molecule has 0 aliphatic heterocycles. The fourth-order valence-electron chi connectivity index (χ4n) is 3.08. The van der Waals surface area contributed by atoms with Gasteiger partial charge in [-0.3, -0.25) is 9.59 Å². The van der Waals surface area contributed by atoms with Crippen LogP contribution in [0.2, 0.25) is 0 Å². The molecule has 0 heterocycles. The molecule has 0 N–H and O–H groups in total. The molecule has 2 rings (SSSR count). The Morgan fingerprint density at radius 2 is 1.82 bits per heavy atom. The number of fused-ring (bicyclic) bond motifs is 1. The van der Waals surface area contributed by atoms with Crippen molar-refractivity contribution >= 4 is 11.9 Å². The summed E-state index contributed by atoms with van der Waals surface area (Å²) in [6, 6.07) is 0. The van der Waals surface area contributed by atoms with E-state index in [9.17, 15) is 9.59 Å². The minimum atomic E-state index is -0.252. The summed E-state index contributed by atoms with van der Waals surface area (Å²) in [4.78, 5) is 24.9. The van der Waals surface area contributed by atoms with E-state index in [1.807, 2.05) is 0 Å². The van der Waals surface area contributed by atoms with Gasteiger partial charge in [-0.25, -0.2) is 0 Å². The van der Waals surface area contributed by atoms with Gasteiger partial charge in [0.2, 0.25) is 5.91 Å². The number of nitrogens with zero attached hydrogens (tertiary/aromatic N) is 1. The number of amides is 1. The molecule has 2 aliphatic carbocycles. The Hall–Kier alpha value is -1.06. The number of rotatable bonds is 4. The molecule has 0 bridgehead atoms. The Labute approximate surface area is 102 Å². The molecule has 0 radical (unpaired) electrons. The lowest BCUT2D eigenvalue weighted by Gasteiger charge is -2.16. The minimum Gasteiger partial charge on any atom is -0.469 e. The van der Waals surface area contributed by atoms with Crippen molar-refractivity contribution < 1.29 is 14.3 Å². The maximum Gasteiger partial charge on any atom is 0.307 e. The van der Waals surface area contributed by atoms with Gasteiger partial charge in [-0.1, -0.05) is 12.8 Å². The molecule has 4 heteroatoms. The monoisotopic (exact) mass is 239 g/mol. The molecule has 2 aliphatic rings. The van der Waals surface area contributed by atoms with Gasteiger partial charge in [0.05, 0.1) is 13.5 Å². The molecule has 2 unspecified atom stereocenters. The van der Waals surface area contributed by atoms with Crippen LogP contribution in [-0.4, -0.2) is 37.5 Å². The van der Waals surface area contributed by atoms with E-state index in [0.29, 0.717) is 24.8 Å². The van der Waals surface area contributed by atoms with Crippen molar-refractivity contribution in [1.82, 2.24) is 4.90 Å². The van der Waals surface area contributed by atoms with Crippen molar-refractivity contribution in [2.45, 2.75) is 32.1 Å². The van der Waals surface area contributed by atoms with E-state index in [-0.39, 0.29) is 17.8 Å². The minimum absolute atomic E-state index is 0.228. The quantitative estimate of drug-likeness (QED) is 0.697. The van der Waals surface area contributed by atoms with Crippen molar-refractivity contribution in [3.63, 3.8) is 0 Å². The summed E-state index contributed by atoms with van der Waals surface area (Å²) in [5.74, 6) is 1.50. The maximum absolute atomic E-state index is 12.1. The average molecular weight is 239 g/mol. The number of esters is 1. The molecular formula is C13H21NO3. The van der Waals surface area contributed by atoms with Crippen LogP contribution in [-0.2, 0) is 14.3 Å². The van der Waals surface area contributed by atoms with Crippen LogP contribution in [0.25, 0.3) is 0 Å². The van der Waals surface area contributed by atoms with Crippen molar-refractivity contribution in [2.75, 3.05) is 20.7 Å². The highest BCUT2D eigenvalue weighted by Gasteiger charge is 2.55. The smallest absolute Gasteiger partial charge is 0.307 e. The van der Waals surface area contributed by atoms with E-state index < -0.39 is 0 Å². The van der Waals surface area contributed by atoms with Crippen LogP contribution >= 0.6 is 0 Å². The standard InChI is InChI=1S/C13H21NO3/c1-14(8-7-11(15)17-2)13(16)12-9-5-3-4-6-10(9)12/h9-10,12H,3-8H2,1-2H3. The summed E-state index contributed by atoms with van der Waals surface area (Å²) in [5, 5.41) is 0. The maximum atomic E-state index is 12.1. The van der Waals surface area contributed by atoms with E-state index in [1.165, 1.54) is 32.8 Å². The first-order valence-electron chi connectivity index (χ1n) is 6.47. The Kier molecular flexibility index (Phi) is 3.69. The van der Waals surface area contributed by atoms with Crippen molar-refractivity contribution in [3.8, 4) is 0 Å². The zero-order valence-corrected chi connectivity index (χ0v) is 10.6. The predicted molar refractivity (Wildman–Crippen MR) is 63.2 cm³/mol. The van der Waals surface area contributed by atoms with E-state index in [2.05, 4.69) is 4.74 Å². The van der Waals surface area contributed by atoms with Gasteiger partial charge in [-0.15, -0.1) is 0 Å². The average Bonchev–Trinajstić information content (AvgIpc) is 3.08. The molecule has 1 amide bonds. The first kappa shape index (κ1) is 12.4. The second-order valence-electron chi connectivity index (χ2n) is 5.22. The number of ether oxygens (including phenoxy) is 1. The second kappa shape index (κ2) is 5.07. The third-order valence-corrected chi connectivity index (χ3v) is 4.20. The number of hydrogen-bond donors (Lipinski definition) is 0. The Balaban J connectivity index is 1.78. The van der Waals surface area contributed by atoms with Crippen LogP contribution in [0.5, 0.6) is 0 Å². The molecular weight excluding hydrogens is 218 g/mol. The van der Waals surface area contributed by atoms with E-state index in [1.54, 1.807) is 11.9 Å². The fourth-order valence-corrected chi connectivity index (χ4v) is 3.08. The predicted octanol–water partition coefficient (Wildman–Crippen LogP) is 1.44. The molecule has 0 spiro atoms. The summed E-state index contributed by atoms with van der Waals surface area (Å²) >= 11 is 0. The lowest BCUT2D eigenvalue weighted by Crippen LogP contribution is -2.31. The van der Waals surface area contributed by atoms with Crippen molar-refractivity contribution in [3.05, 3.63) is 0 Å². The molecule has 17 heavy (non-hydrogen) atoms. The topological polar surface area (TPSA) is 46.6 Å². The SMILES string of the molecule is COC(=O)CCN(C)C(=O)C1C2CCCCC21. The number of hydrogen-bond acceptors (Lipinski definition) is 3. The molecule has 0 saturated heterocycles. The lowest BCUT2D eigenvalue weighted by atomic mass is 10.0. The fraction of sp³-hybridized carbons (Fsp3) is 0.846. The van der Waals surface area contributed by atoms with E-state index in [4.69, 9.17) is 0 Å². The molecule has 2 atom stereocenters. The Morgan fingerprint density at radius 1 is 1.24 bits per heavy atom. The van der Waals surface area contributed by atoms with E-state index in [0.717, 1.165) is 0 Å². The zero-order valence-electron chi connectivity index (χ0n) is 10.6. The van der Waals surface area contributed by atoms with E-state index >= 15 is 0 Å². The van der Waals surface area contributed by atoms with Gasteiger partial charge in [-0.05, 0) is 24.7 Å². The summed E-state index contributed by atoms with van der Waals surface area (Å²) < 4.78 is 4.57. The van der Waals surface area contributed by atoms with Gasteiger partial charge >= 0.3 is 5.97 Å². The largest absolute Gasteiger partial charge is 0.469 e. The summed E-state index contributed by atoms with van der Waals surface area (Å²) in [6.07, 6.45) is 5.27. The van der Waals surface area contributed by atoms with Crippen LogP contribution in [0, 0.1) is 17.8 Å². The van der Waals surface area contributed by atoms with Gasteiger partial charge in [0.1, 0.15) is 0 Å². The van der Waals surface area contributed by atoms with Crippen LogP contribution < -0.4 is 0 Å². The van der Waals surface area contributed by atoms with Gasteiger partial charge < -0.3 is 9.64 Å². The van der Waals surface area contributed by atoms with Gasteiger partial charge in [0.15, 0.2) is 0 Å². The molecule has 2 fully saturated rings. The van der Waals surface area contributed by atoms with Crippen molar-refractivity contribution in [1.29, 1.82) is 0 Å². The number of methoxy groups -OCH3 is 1. The molecule has 0 aromatic carbocycles. The Morgan fingerprint density at radius 3 is 2.35 bits per heavy atom. The second-order valence-corrected chi connectivity index (χ2v) is 5.22. The third-order valence-electron chi connectivity index (χ3n) is 4.20. The molecule has 0 aromatic rings. The highest BCUT2D eigenvalue weighted by atomic mass is 16.5. The van der Waals surface area contributed by atoms with Crippen LogP contribution in [0.15, 0.2) is 0 Å². The van der Waals surface area contributed by atoms with Gasteiger partial charge in [0, 0.05) is 19.5 Å². The first-order valence-corrected chi connectivity index (χ1v) is 6.47. The number of carbonyl (C=O) groups excluding carboxylic acids is 2. The van der Waals surface area contributed by atoms with Gasteiger partial charge in [-0.2, -0.15) is 0 Å². The molecule has 0 aromatic heterocycles. The third kappa shape index (κ3) is 2.61. The van der Waals surface area contributed by atoms with Gasteiger partial charge in [0.25, 0.3) is 0 Å². The summed E-state index contributed by atoms with van der Waals surface area (Å²) in [7, 11) is 3.16. The highest BCUT2D eigenvalue weighted by Crippen LogP contribution is 2.55. The zero-order chi connectivity index (χ0) is 12.4. The van der Waals surface area contributed by atoms with Crippen molar-refractivity contribution in [2.24, 2.45) is 17.8 Å². The lowest BCUT2D eigenvalue weighted by molar-refractivity contribution is -0.141. The highest BCUT2D eigenvalue weighted by molar-refractivity contribution is 5.82. The first-order chi connectivity index (χ1) is 8.15. The molecule has 96 valence electrons. The van der Waals surface area contributed by atoms with Crippen LogP contribution in [0.4, 0.5) is 0 Å². The normalized spacial score (nSPS) is 30.4. The Bertz CT molecular complexity index is 304. The number of carbonyl (C=O) groups is 2. The van der Waals surface area contributed by atoms with Crippen LogP contribution in [0.3, 0.4) is 0 Å².